The summed E-state index contributed by atoms with van der Waals surface area (Å²) >= 11 is 0. The molecule has 1 aromatic carbocycles. The molecule has 1 heterocycles. The van der Waals surface area contributed by atoms with E-state index in [9.17, 15) is 4.79 Å². The minimum Gasteiger partial charge on any atom is -0.491 e. The molecule has 1 fully saturated rings. The second-order valence-electron chi connectivity index (χ2n) is 6.52. The Balaban J connectivity index is 0.00000420. The second-order valence-corrected chi connectivity index (χ2v) is 6.52. The van der Waals surface area contributed by atoms with Gasteiger partial charge in [0, 0.05) is 39.8 Å². The van der Waals surface area contributed by atoms with Gasteiger partial charge < -0.3 is 29.7 Å². The summed E-state index contributed by atoms with van der Waals surface area (Å²) in [5.41, 5.74) is 1.14. The van der Waals surface area contributed by atoms with Crippen LogP contribution in [0.2, 0.25) is 0 Å². The Morgan fingerprint density at radius 2 is 1.90 bits per heavy atom. The van der Waals surface area contributed by atoms with Gasteiger partial charge in [-0.3, -0.25) is 4.99 Å². The number of methoxy groups -OCH3 is 1. The number of hydrogen-bond acceptors (Lipinski definition) is 5. The average Bonchev–Trinajstić information content (AvgIpc) is 2.73. The number of piperidine rings is 1. The number of nitrogens with one attached hydrogen (secondary N) is 2. The number of benzene rings is 1. The predicted octanol–water partition coefficient (Wildman–Crippen LogP) is 2.62. The van der Waals surface area contributed by atoms with E-state index in [1.807, 2.05) is 31.2 Å². The maximum atomic E-state index is 11.8. The Kier molecular flexibility index (Phi) is 12.4. The zero-order valence-corrected chi connectivity index (χ0v) is 19.8. The summed E-state index contributed by atoms with van der Waals surface area (Å²) in [7, 11) is 3.42. The molecule has 0 saturated carbocycles. The fourth-order valence-electron chi connectivity index (χ4n) is 2.94. The van der Waals surface area contributed by atoms with Gasteiger partial charge in [0.25, 0.3) is 0 Å². The third-order valence-corrected chi connectivity index (χ3v) is 4.52. The van der Waals surface area contributed by atoms with Crippen LogP contribution < -0.4 is 15.4 Å². The van der Waals surface area contributed by atoms with Crippen molar-refractivity contribution in [3.05, 3.63) is 29.8 Å². The van der Waals surface area contributed by atoms with Crippen LogP contribution in [0.3, 0.4) is 0 Å². The second kappa shape index (κ2) is 14.3. The van der Waals surface area contributed by atoms with E-state index in [-0.39, 0.29) is 36.1 Å². The molecule has 0 unspecified atom stereocenters. The number of nitrogens with zero attached hydrogens (tertiary/aromatic N) is 2. The number of amides is 1. The normalized spacial score (nSPS) is 14.7. The van der Waals surface area contributed by atoms with Crippen molar-refractivity contribution in [2.24, 2.45) is 4.99 Å². The van der Waals surface area contributed by atoms with Gasteiger partial charge in [-0.25, -0.2) is 4.79 Å². The van der Waals surface area contributed by atoms with Gasteiger partial charge in [0.05, 0.1) is 13.2 Å². The molecule has 0 bridgehead atoms. The Bertz CT molecular complexity index is 619. The molecule has 9 heteroatoms. The van der Waals surface area contributed by atoms with Crippen LogP contribution in [0, 0.1) is 0 Å². The number of hydrogen-bond donors (Lipinski definition) is 2. The third-order valence-electron chi connectivity index (χ3n) is 4.52. The average molecular weight is 520 g/mol. The van der Waals surface area contributed by atoms with Crippen LogP contribution >= 0.6 is 24.0 Å². The lowest BCUT2D eigenvalue weighted by Gasteiger charge is -2.32. The van der Waals surface area contributed by atoms with Crippen LogP contribution in [-0.4, -0.2) is 70.1 Å². The van der Waals surface area contributed by atoms with Gasteiger partial charge in [-0.1, -0.05) is 12.1 Å². The summed E-state index contributed by atoms with van der Waals surface area (Å²) in [6, 6.07) is 8.25. The van der Waals surface area contributed by atoms with E-state index in [1.54, 1.807) is 19.1 Å². The maximum Gasteiger partial charge on any atom is 0.409 e. The first kappa shape index (κ1) is 25.3. The van der Waals surface area contributed by atoms with Crippen LogP contribution in [0.4, 0.5) is 4.79 Å². The Morgan fingerprint density at radius 1 is 1.21 bits per heavy atom. The summed E-state index contributed by atoms with van der Waals surface area (Å²) < 4.78 is 15.6. The SMILES string of the molecule is CCOC(=O)N1CCC(NC(=NC)NCc2ccc(OCCOC)cc2)CC1.I. The molecule has 164 valence electrons. The fourth-order valence-corrected chi connectivity index (χ4v) is 2.94. The molecule has 0 aromatic heterocycles. The lowest BCUT2D eigenvalue weighted by molar-refractivity contribution is 0.0963. The van der Waals surface area contributed by atoms with Crippen LogP contribution in [0.5, 0.6) is 5.75 Å². The number of carbonyl (C=O) groups is 1. The zero-order valence-electron chi connectivity index (χ0n) is 17.5. The predicted molar refractivity (Wildman–Crippen MR) is 124 cm³/mol. The number of halogens is 1. The van der Waals surface area contributed by atoms with Gasteiger partial charge in [0.2, 0.25) is 0 Å². The van der Waals surface area contributed by atoms with E-state index in [1.165, 1.54) is 0 Å². The number of aliphatic imine (C=N–C) groups is 1. The van der Waals surface area contributed by atoms with Crippen LogP contribution in [0.15, 0.2) is 29.3 Å². The number of guanidine groups is 1. The number of likely N-dealkylation sites (tertiary alicyclic amines) is 1. The highest BCUT2D eigenvalue weighted by atomic mass is 127. The molecule has 1 aliphatic heterocycles. The van der Waals surface area contributed by atoms with Gasteiger partial charge >= 0.3 is 6.09 Å². The van der Waals surface area contributed by atoms with Crippen molar-refractivity contribution in [1.82, 2.24) is 15.5 Å². The van der Waals surface area contributed by atoms with Crippen molar-refractivity contribution in [3.63, 3.8) is 0 Å². The molecule has 8 nitrogen and oxygen atoms in total. The largest absolute Gasteiger partial charge is 0.491 e. The van der Waals surface area contributed by atoms with Crippen molar-refractivity contribution >= 4 is 36.0 Å². The van der Waals surface area contributed by atoms with Gasteiger partial charge in [0.15, 0.2) is 5.96 Å². The molecule has 29 heavy (non-hydrogen) atoms. The number of rotatable bonds is 8. The molecule has 0 radical (unpaired) electrons. The monoisotopic (exact) mass is 520 g/mol. The summed E-state index contributed by atoms with van der Waals surface area (Å²) in [4.78, 5) is 17.8. The van der Waals surface area contributed by atoms with E-state index in [4.69, 9.17) is 14.2 Å². The van der Waals surface area contributed by atoms with E-state index >= 15 is 0 Å². The van der Waals surface area contributed by atoms with Gasteiger partial charge in [0.1, 0.15) is 12.4 Å². The molecular weight excluding hydrogens is 487 g/mol. The quantitative estimate of drug-likeness (QED) is 0.237. The lowest BCUT2D eigenvalue weighted by atomic mass is 10.1. The summed E-state index contributed by atoms with van der Waals surface area (Å²) in [5, 5.41) is 6.77. The van der Waals surface area contributed by atoms with Crippen molar-refractivity contribution in [3.8, 4) is 5.75 Å². The smallest absolute Gasteiger partial charge is 0.409 e. The molecule has 0 atom stereocenters. The first-order chi connectivity index (χ1) is 13.7. The molecule has 1 saturated heterocycles. The van der Waals surface area contributed by atoms with Crippen LogP contribution in [0.25, 0.3) is 0 Å². The first-order valence-corrected chi connectivity index (χ1v) is 9.75. The van der Waals surface area contributed by atoms with Crippen LogP contribution in [0.1, 0.15) is 25.3 Å². The standard InChI is InChI=1S/C20H32N4O4.HI/c1-4-27-20(25)24-11-9-17(10-12-24)23-19(21-2)22-15-16-5-7-18(8-6-16)28-14-13-26-3;/h5-8,17H,4,9-15H2,1-3H3,(H2,21,22,23);1H. The van der Waals surface area contributed by atoms with E-state index in [0.29, 0.717) is 39.5 Å². The van der Waals surface area contributed by atoms with Crippen LogP contribution in [-0.2, 0) is 16.0 Å². The van der Waals surface area contributed by atoms with Crippen molar-refractivity contribution < 1.29 is 19.0 Å². The molecule has 1 aliphatic rings. The van der Waals surface area contributed by atoms with Crippen molar-refractivity contribution in [2.75, 3.05) is 47.1 Å². The zero-order chi connectivity index (χ0) is 20.2. The molecule has 2 rings (SSSR count). The summed E-state index contributed by atoms with van der Waals surface area (Å²) in [5.74, 6) is 1.59. The maximum absolute atomic E-state index is 11.8. The minimum absolute atomic E-state index is 0. The first-order valence-electron chi connectivity index (χ1n) is 9.75. The molecule has 0 aliphatic carbocycles. The van der Waals surface area contributed by atoms with Crippen molar-refractivity contribution in [1.29, 1.82) is 0 Å². The van der Waals surface area contributed by atoms with Gasteiger partial charge in [-0.05, 0) is 37.5 Å². The molecule has 0 spiro atoms. The van der Waals surface area contributed by atoms with Gasteiger partial charge in [-0.2, -0.15) is 0 Å². The molecule has 1 amide bonds. The van der Waals surface area contributed by atoms with E-state index in [2.05, 4.69) is 15.6 Å². The van der Waals surface area contributed by atoms with Crippen molar-refractivity contribution in [2.45, 2.75) is 32.4 Å². The van der Waals surface area contributed by atoms with E-state index < -0.39 is 0 Å². The topological polar surface area (TPSA) is 84.4 Å². The highest BCUT2D eigenvalue weighted by Gasteiger charge is 2.23. The number of ether oxygens (including phenoxy) is 3. The third kappa shape index (κ3) is 9.07. The van der Waals surface area contributed by atoms with E-state index in [0.717, 1.165) is 30.1 Å². The Labute approximate surface area is 190 Å². The summed E-state index contributed by atoms with van der Waals surface area (Å²) in [6.07, 6.45) is 1.51. The summed E-state index contributed by atoms with van der Waals surface area (Å²) in [6.45, 7) is 5.40. The molecule has 1 aromatic rings. The number of carbonyl (C=O) groups excluding carboxylic acids is 1. The Hall–Kier alpha value is -1.75. The molecular formula is C20H33IN4O4. The fraction of sp³-hybridized carbons (Fsp3) is 0.600. The lowest BCUT2D eigenvalue weighted by Crippen LogP contribution is -2.49. The molecule has 2 N–H and O–H groups in total. The Morgan fingerprint density at radius 3 is 2.48 bits per heavy atom. The highest BCUT2D eigenvalue weighted by Crippen LogP contribution is 2.13. The minimum atomic E-state index is -0.224. The highest BCUT2D eigenvalue weighted by molar-refractivity contribution is 14.0. The van der Waals surface area contributed by atoms with Gasteiger partial charge in [-0.15, -0.1) is 24.0 Å².